The average molecular weight is 536 g/mol. The second kappa shape index (κ2) is 13.5. The fourth-order valence-corrected chi connectivity index (χ4v) is 4.60. The van der Waals surface area contributed by atoms with E-state index in [0.29, 0.717) is 12.2 Å². The third kappa shape index (κ3) is 6.71. The highest BCUT2D eigenvalue weighted by atomic mass is 16.5. The molecule has 0 heterocycles. The zero-order chi connectivity index (χ0) is 28.5. The highest BCUT2D eigenvalue weighted by molar-refractivity contribution is 6.11. The number of hydrogen-bond acceptors (Lipinski definition) is 6. The van der Waals surface area contributed by atoms with Gasteiger partial charge in [0.2, 0.25) is 0 Å². The van der Waals surface area contributed by atoms with Gasteiger partial charge in [0.15, 0.2) is 5.82 Å². The first-order valence-corrected chi connectivity index (χ1v) is 13.5. The predicted molar refractivity (Wildman–Crippen MR) is 166 cm³/mol. The number of aliphatic hydroxyl groups excluding tert-OH is 1. The number of aliphatic imine (C=N–C) groups is 1. The second-order valence-electron chi connectivity index (χ2n) is 9.47. The van der Waals surface area contributed by atoms with Crippen LogP contribution in [0.3, 0.4) is 0 Å². The van der Waals surface area contributed by atoms with Gasteiger partial charge in [-0.3, -0.25) is 0 Å². The lowest BCUT2D eigenvalue weighted by Gasteiger charge is -2.28. The van der Waals surface area contributed by atoms with Crippen molar-refractivity contribution >= 4 is 17.1 Å². The summed E-state index contributed by atoms with van der Waals surface area (Å²) in [6, 6.07) is 21.1. The van der Waals surface area contributed by atoms with Gasteiger partial charge in [0.25, 0.3) is 0 Å². The van der Waals surface area contributed by atoms with Crippen LogP contribution in [-0.2, 0) is 6.42 Å². The molecule has 3 aromatic rings. The van der Waals surface area contributed by atoms with E-state index in [1.165, 1.54) is 0 Å². The van der Waals surface area contributed by atoms with Crippen molar-refractivity contribution in [2.24, 2.45) is 4.99 Å². The first-order valence-electron chi connectivity index (χ1n) is 13.5. The zero-order valence-electron chi connectivity index (χ0n) is 23.4. The van der Waals surface area contributed by atoms with Crippen molar-refractivity contribution in [3.05, 3.63) is 120 Å². The van der Waals surface area contributed by atoms with Crippen LogP contribution in [0.5, 0.6) is 11.5 Å². The fourth-order valence-electron chi connectivity index (χ4n) is 4.60. The summed E-state index contributed by atoms with van der Waals surface area (Å²) in [6.07, 6.45) is 10.1. The molecule has 0 atom stereocenters. The minimum absolute atomic E-state index is 0.202. The van der Waals surface area contributed by atoms with Crippen LogP contribution >= 0.6 is 0 Å². The summed E-state index contributed by atoms with van der Waals surface area (Å²) in [5.41, 5.74) is 6.68. The summed E-state index contributed by atoms with van der Waals surface area (Å²) in [5, 5.41) is 24.7. The normalized spacial score (nSPS) is 14.3. The molecule has 0 amide bonds. The number of phenolic OH excluding ortho intramolecular Hbond substituents is 1. The molecule has 6 heteroatoms. The number of methoxy groups -OCH3 is 1. The van der Waals surface area contributed by atoms with E-state index in [1.807, 2.05) is 77.7 Å². The molecule has 0 saturated carbocycles. The lowest BCUT2D eigenvalue weighted by atomic mass is 10.0. The highest BCUT2D eigenvalue weighted by Crippen LogP contribution is 2.34. The number of anilines is 2. The number of phenols is 1. The van der Waals surface area contributed by atoms with Gasteiger partial charge in [-0.05, 0) is 65.9 Å². The number of ether oxygens (including phenoxy) is 1. The summed E-state index contributed by atoms with van der Waals surface area (Å²) in [6.45, 7) is 8.11. The maximum atomic E-state index is 10.7. The summed E-state index contributed by atoms with van der Waals surface area (Å²) < 4.78 is 5.56. The molecule has 0 radical (unpaired) electrons. The number of aliphatic hydroxyl groups is 1. The smallest absolute Gasteiger partial charge is 0.150 e. The number of benzene rings is 3. The number of nitrogens with zero attached hydrogens (tertiary/aromatic N) is 2. The largest absolute Gasteiger partial charge is 0.507 e. The van der Waals surface area contributed by atoms with E-state index in [-0.39, 0.29) is 12.5 Å². The van der Waals surface area contributed by atoms with Crippen LogP contribution in [-0.4, -0.2) is 29.8 Å². The Bertz CT molecular complexity index is 1460. The topological polar surface area (TPSA) is 77.3 Å². The molecule has 40 heavy (non-hydrogen) atoms. The first-order chi connectivity index (χ1) is 19.5. The maximum Gasteiger partial charge on any atom is 0.150 e. The van der Waals surface area contributed by atoms with E-state index >= 15 is 0 Å². The Labute approximate surface area is 237 Å². The van der Waals surface area contributed by atoms with E-state index in [0.717, 1.165) is 63.6 Å². The summed E-state index contributed by atoms with van der Waals surface area (Å²) >= 11 is 0. The Hall–Kier alpha value is -4.55. The molecular weight excluding hydrogens is 498 g/mol. The molecule has 206 valence electrons. The van der Waals surface area contributed by atoms with Gasteiger partial charge in [-0.25, -0.2) is 4.99 Å². The minimum atomic E-state index is -0.259. The molecule has 0 unspecified atom stereocenters. The van der Waals surface area contributed by atoms with Crippen molar-refractivity contribution in [3.63, 3.8) is 0 Å². The SMILES string of the molecule is C=C1C=CC=C/C1=N/C(Nc1cc(CC)cc(OC)c1)=C(CCC)N(CO)c1cccc(-c2ccccc2O)c1. The Morgan fingerprint density at radius 2 is 1.80 bits per heavy atom. The summed E-state index contributed by atoms with van der Waals surface area (Å²) in [4.78, 5) is 6.90. The van der Waals surface area contributed by atoms with Crippen LogP contribution < -0.4 is 15.0 Å². The van der Waals surface area contributed by atoms with Gasteiger partial charge in [-0.2, -0.15) is 0 Å². The number of para-hydroxylation sites is 1. The summed E-state index contributed by atoms with van der Waals surface area (Å²) in [5.74, 6) is 1.56. The van der Waals surface area contributed by atoms with Crippen molar-refractivity contribution < 1.29 is 14.9 Å². The number of aromatic hydroxyl groups is 1. The van der Waals surface area contributed by atoms with Crippen LogP contribution in [0.15, 0.2) is 120 Å². The number of hydrogen-bond donors (Lipinski definition) is 3. The molecule has 3 N–H and O–H groups in total. The monoisotopic (exact) mass is 535 g/mol. The van der Waals surface area contributed by atoms with Crippen LogP contribution in [0, 0.1) is 0 Å². The van der Waals surface area contributed by atoms with Crippen LogP contribution in [0.1, 0.15) is 32.3 Å². The van der Waals surface area contributed by atoms with Gasteiger partial charge in [-0.15, -0.1) is 0 Å². The van der Waals surface area contributed by atoms with Gasteiger partial charge in [0.1, 0.15) is 18.2 Å². The van der Waals surface area contributed by atoms with Gasteiger partial charge in [-0.1, -0.05) is 75.4 Å². The highest BCUT2D eigenvalue weighted by Gasteiger charge is 2.19. The van der Waals surface area contributed by atoms with Crippen molar-refractivity contribution in [1.82, 2.24) is 0 Å². The Kier molecular flexibility index (Phi) is 9.60. The Balaban J connectivity index is 1.88. The maximum absolute atomic E-state index is 10.7. The van der Waals surface area contributed by atoms with Crippen molar-refractivity contribution in [1.29, 1.82) is 0 Å². The lowest BCUT2D eigenvalue weighted by molar-refractivity contribution is 0.298. The number of rotatable bonds is 11. The molecular formula is C34H37N3O3. The van der Waals surface area contributed by atoms with Crippen molar-refractivity contribution in [3.8, 4) is 22.6 Å². The number of nitrogens with one attached hydrogen (secondary N) is 1. The standard InChI is InChI=1S/C34H37N3O3/c1-5-12-32(37(23-38)28-15-11-14-26(21-28)30-16-8-10-18-33(30)39)34(36-31-17-9-7-13-24(31)3)35-27-19-25(6-2)20-29(22-27)40-4/h7-11,13-22,35,38-39H,3,5-6,12,23H2,1-2,4H3/b34-32?,36-31-. The van der Waals surface area contributed by atoms with Gasteiger partial charge in [0, 0.05) is 23.0 Å². The van der Waals surface area contributed by atoms with E-state index in [4.69, 9.17) is 9.73 Å². The molecule has 4 rings (SSSR count). The first kappa shape index (κ1) is 28.5. The molecule has 1 aliphatic carbocycles. The molecule has 3 aromatic carbocycles. The van der Waals surface area contributed by atoms with E-state index in [2.05, 4.69) is 31.8 Å². The van der Waals surface area contributed by atoms with E-state index < -0.39 is 0 Å². The van der Waals surface area contributed by atoms with Crippen molar-refractivity contribution in [2.75, 3.05) is 24.1 Å². The molecule has 1 aliphatic rings. The molecule has 6 nitrogen and oxygen atoms in total. The summed E-state index contributed by atoms with van der Waals surface area (Å²) in [7, 11) is 1.66. The van der Waals surface area contributed by atoms with Gasteiger partial charge >= 0.3 is 0 Å². The number of aryl methyl sites for hydroxylation is 1. The van der Waals surface area contributed by atoms with E-state index in [9.17, 15) is 10.2 Å². The Morgan fingerprint density at radius 3 is 2.50 bits per heavy atom. The van der Waals surface area contributed by atoms with Gasteiger partial charge < -0.3 is 25.2 Å². The third-order valence-electron chi connectivity index (χ3n) is 6.70. The molecule has 0 spiro atoms. The van der Waals surface area contributed by atoms with Crippen molar-refractivity contribution in [2.45, 2.75) is 33.1 Å². The zero-order valence-corrected chi connectivity index (χ0v) is 23.4. The number of allylic oxidation sites excluding steroid dienone is 6. The molecule has 0 aromatic heterocycles. The predicted octanol–water partition coefficient (Wildman–Crippen LogP) is 7.59. The molecule has 0 bridgehead atoms. The lowest BCUT2D eigenvalue weighted by Crippen LogP contribution is -2.26. The van der Waals surface area contributed by atoms with Crippen LogP contribution in [0.4, 0.5) is 11.4 Å². The van der Waals surface area contributed by atoms with Crippen LogP contribution in [0.25, 0.3) is 11.1 Å². The van der Waals surface area contributed by atoms with E-state index in [1.54, 1.807) is 19.2 Å². The quantitative estimate of drug-likeness (QED) is 0.221. The minimum Gasteiger partial charge on any atom is -0.507 e. The van der Waals surface area contributed by atoms with Crippen LogP contribution in [0.2, 0.25) is 0 Å². The third-order valence-corrected chi connectivity index (χ3v) is 6.70. The average Bonchev–Trinajstić information content (AvgIpc) is 2.98. The second-order valence-corrected chi connectivity index (χ2v) is 9.47. The molecule has 0 fully saturated rings. The Morgan fingerprint density at radius 1 is 1.00 bits per heavy atom. The molecule has 0 aliphatic heterocycles. The van der Waals surface area contributed by atoms with Gasteiger partial charge in [0.05, 0.1) is 18.5 Å². The molecule has 0 saturated heterocycles. The fraction of sp³-hybridized carbons (Fsp3) is 0.206.